The molecule has 2 rings (SSSR count). The lowest BCUT2D eigenvalue weighted by Crippen LogP contribution is -2.51. The highest BCUT2D eigenvalue weighted by molar-refractivity contribution is 5.13. The molecule has 1 aliphatic rings. The van der Waals surface area contributed by atoms with Gasteiger partial charge in [-0.2, -0.15) is 0 Å². The smallest absolute Gasteiger partial charge is 0.0717 e. The lowest BCUT2D eigenvalue weighted by molar-refractivity contribution is 0.100. The number of hydrogen-bond donors (Lipinski definition) is 1. The van der Waals surface area contributed by atoms with Gasteiger partial charge in [0.2, 0.25) is 0 Å². The van der Waals surface area contributed by atoms with Crippen molar-refractivity contribution >= 4 is 0 Å². The van der Waals surface area contributed by atoms with E-state index in [-0.39, 0.29) is 0 Å². The Bertz CT molecular complexity index is 313. The molecule has 0 atom stereocenters. The minimum atomic E-state index is 0.441. The van der Waals surface area contributed by atoms with Crippen LogP contribution in [0.5, 0.6) is 0 Å². The van der Waals surface area contributed by atoms with E-state index in [1.807, 2.05) is 6.07 Å². The van der Waals surface area contributed by atoms with E-state index in [2.05, 4.69) is 36.5 Å². The summed E-state index contributed by atoms with van der Waals surface area (Å²) in [6.45, 7) is 4.77. The van der Waals surface area contributed by atoms with Crippen LogP contribution in [0.3, 0.4) is 0 Å². The second-order valence-electron chi connectivity index (χ2n) is 4.95. The molecule has 0 bridgehead atoms. The summed E-state index contributed by atoms with van der Waals surface area (Å²) < 4.78 is 5.67. The number of nitrogens with one attached hydrogen (secondary N) is 1. The monoisotopic (exact) mass is 233 g/mol. The zero-order valence-electron chi connectivity index (χ0n) is 10.7. The first-order valence-electron chi connectivity index (χ1n) is 6.71. The van der Waals surface area contributed by atoms with E-state index in [1.165, 1.54) is 31.2 Å². The molecule has 0 saturated heterocycles. The van der Waals surface area contributed by atoms with Crippen molar-refractivity contribution in [3.05, 3.63) is 35.9 Å². The van der Waals surface area contributed by atoms with E-state index in [0.717, 1.165) is 19.8 Å². The van der Waals surface area contributed by atoms with Crippen LogP contribution in [0.2, 0.25) is 0 Å². The van der Waals surface area contributed by atoms with Gasteiger partial charge in [0.1, 0.15) is 0 Å². The van der Waals surface area contributed by atoms with Crippen molar-refractivity contribution in [1.29, 1.82) is 0 Å². The van der Waals surface area contributed by atoms with E-state index < -0.39 is 0 Å². The van der Waals surface area contributed by atoms with Crippen LogP contribution in [0, 0.1) is 0 Å². The predicted octanol–water partition coefficient (Wildman–Crippen LogP) is 3.13. The summed E-state index contributed by atoms with van der Waals surface area (Å²) in [5.41, 5.74) is 1.69. The Kier molecular flexibility index (Phi) is 4.57. The third kappa shape index (κ3) is 3.55. The first-order chi connectivity index (χ1) is 8.35. The van der Waals surface area contributed by atoms with Crippen molar-refractivity contribution in [3.8, 4) is 0 Å². The zero-order valence-corrected chi connectivity index (χ0v) is 10.7. The lowest BCUT2D eigenvalue weighted by Gasteiger charge is -2.42. The van der Waals surface area contributed by atoms with Crippen LogP contribution in [-0.4, -0.2) is 18.7 Å². The quantitative estimate of drug-likeness (QED) is 0.731. The molecule has 2 nitrogen and oxygen atoms in total. The molecule has 1 aromatic carbocycles. The Morgan fingerprint density at radius 1 is 1.24 bits per heavy atom. The van der Waals surface area contributed by atoms with Crippen LogP contribution in [0.15, 0.2) is 30.3 Å². The zero-order chi connectivity index (χ0) is 12.0. The van der Waals surface area contributed by atoms with Crippen LogP contribution >= 0.6 is 0 Å². The fraction of sp³-hybridized carbons (Fsp3) is 0.600. The summed E-state index contributed by atoms with van der Waals surface area (Å²) in [6, 6.07) is 10.3. The lowest BCUT2D eigenvalue weighted by atomic mass is 9.75. The Morgan fingerprint density at radius 2 is 2.00 bits per heavy atom. The maximum absolute atomic E-state index is 5.67. The first kappa shape index (κ1) is 12.6. The van der Waals surface area contributed by atoms with E-state index in [1.54, 1.807) is 0 Å². The molecule has 1 N–H and O–H groups in total. The van der Waals surface area contributed by atoms with E-state index in [0.29, 0.717) is 5.54 Å². The Hall–Kier alpha value is -0.860. The highest BCUT2D eigenvalue weighted by Crippen LogP contribution is 2.34. The van der Waals surface area contributed by atoms with Gasteiger partial charge in [-0.3, -0.25) is 0 Å². The number of benzene rings is 1. The maximum Gasteiger partial charge on any atom is 0.0717 e. The van der Waals surface area contributed by atoms with Gasteiger partial charge in [0.05, 0.1) is 13.2 Å². The molecule has 0 amide bonds. The summed E-state index contributed by atoms with van der Waals surface area (Å²) in [6.07, 6.45) is 5.29. The summed E-state index contributed by atoms with van der Waals surface area (Å²) in [4.78, 5) is 0. The standard InChI is InChI=1S/C15H23NO/c1-2-15(9-6-10-15)16-11-12-17-13-14-7-4-3-5-8-14/h3-5,7-8,16H,2,6,9-13H2,1H3. The van der Waals surface area contributed by atoms with Crippen LogP contribution in [0.25, 0.3) is 0 Å². The van der Waals surface area contributed by atoms with Gasteiger partial charge in [0.15, 0.2) is 0 Å². The molecule has 2 heteroatoms. The molecule has 1 fully saturated rings. The molecule has 0 aliphatic heterocycles. The fourth-order valence-corrected chi connectivity index (χ4v) is 2.41. The SMILES string of the molecule is CCC1(NCCOCc2ccccc2)CCC1. The van der Waals surface area contributed by atoms with E-state index >= 15 is 0 Å². The first-order valence-corrected chi connectivity index (χ1v) is 6.71. The molecule has 0 spiro atoms. The van der Waals surface area contributed by atoms with Crippen LogP contribution in [-0.2, 0) is 11.3 Å². The predicted molar refractivity (Wildman–Crippen MR) is 71.0 cm³/mol. The van der Waals surface area contributed by atoms with Crippen LogP contribution in [0.1, 0.15) is 38.2 Å². The Morgan fingerprint density at radius 3 is 2.59 bits per heavy atom. The van der Waals surface area contributed by atoms with Crippen molar-refractivity contribution in [2.24, 2.45) is 0 Å². The number of rotatable bonds is 7. The Balaban J connectivity index is 1.58. The molecule has 94 valence electrons. The molecule has 1 saturated carbocycles. The van der Waals surface area contributed by atoms with Crippen molar-refractivity contribution in [2.75, 3.05) is 13.2 Å². The van der Waals surface area contributed by atoms with Crippen molar-refractivity contribution < 1.29 is 4.74 Å². The summed E-state index contributed by atoms with van der Waals surface area (Å²) in [5.74, 6) is 0. The highest BCUT2D eigenvalue weighted by Gasteiger charge is 2.33. The van der Waals surface area contributed by atoms with E-state index in [4.69, 9.17) is 4.74 Å². The molecule has 0 aromatic heterocycles. The number of hydrogen-bond acceptors (Lipinski definition) is 2. The van der Waals surface area contributed by atoms with E-state index in [9.17, 15) is 0 Å². The molecule has 0 unspecified atom stereocenters. The number of ether oxygens (including phenoxy) is 1. The van der Waals surface area contributed by atoms with Gasteiger partial charge in [-0.1, -0.05) is 37.3 Å². The largest absolute Gasteiger partial charge is 0.375 e. The molecular formula is C15H23NO. The second kappa shape index (κ2) is 6.18. The highest BCUT2D eigenvalue weighted by atomic mass is 16.5. The Labute approximate surface area is 104 Å². The summed E-state index contributed by atoms with van der Waals surface area (Å²) >= 11 is 0. The molecule has 17 heavy (non-hydrogen) atoms. The molecule has 1 aliphatic carbocycles. The molecule has 1 aromatic rings. The van der Waals surface area contributed by atoms with Gasteiger partial charge in [-0.25, -0.2) is 0 Å². The van der Waals surface area contributed by atoms with Crippen LogP contribution < -0.4 is 5.32 Å². The van der Waals surface area contributed by atoms with Gasteiger partial charge in [0, 0.05) is 12.1 Å². The third-order valence-electron chi connectivity index (χ3n) is 3.85. The maximum atomic E-state index is 5.67. The fourth-order valence-electron chi connectivity index (χ4n) is 2.41. The van der Waals surface area contributed by atoms with Crippen molar-refractivity contribution in [2.45, 2.75) is 44.8 Å². The molecule has 0 heterocycles. The van der Waals surface area contributed by atoms with Crippen molar-refractivity contribution in [1.82, 2.24) is 5.32 Å². The van der Waals surface area contributed by atoms with Gasteiger partial charge in [-0.15, -0.1) is 0 Å². The second-order valence-corrected chi connectivity index (χ2v) is 4.95. The van der Waals surface area contributed by atoms with Crippen LogP contribution in [0.4, 0.5) is 0 Å². The van der Waals surface area contributed by atoms with Crippen molar-refractivity contribution in [3.63, 3.8) is 0 Å². The third-order valence-corrected chi connectivity index (χ3v) is 3.85. The van der Waals surface area contributed by atoms with Gasteiger partial charge < -0.3 is 10.1 Å². The minimum absolute atomic E-state index is 0.441. The average molecular weight is 233 g/mol. The normalized spacial score (nSPS) is 17.7. The van der Waals surface area contributed by atoms with Gasteiger partial charge >= 0.3 is 0 Å². The molecular weight excluding hydrogens is 210 g/mol. The summed E-state index contributed by atoms with van der Waals surface area (Å²) in [7, 11) is 0. The minimum Gasteiger partial charge on any atom is -0.375 e. The average Bonchev–Trinajstić information content (AvgIpc) is 2.33. The van der Waals surface area contributed by atoms with Gasteiger partial charge in [-0.05, 0) is 31.2 Å². The molecule has 0 radical (unpaired) electrons. The topological polar surface area (TPSA) is 21.3 Å². The summed E-state index contributed by atoms with van der Waals surface area (Å²) in [5, 5.41) is 3.64. The van der Waals surface area contributed by atoms with Gasteiger partial charge in [0.25, 0.3) is 0 Å².